The third-order valence-corrected chi connectivity index (χ3v) is 5.40. The summed E-state index contributed by atoms with van der Waals surface area (Å²) < 4.78 is 13.6. The van der Waals surface area contributed by atoms with Crippen LogP contribution in [0.5, 0.6) is 5.75 Å². The van der Waals surface area contributed by atoms with E-state index in [2.05, 4.69) is 6.07 Å². The lowest BCUT2D eigenvalue weighted by molar-refractivity contribution is -0.139. The molecule has 2 aromatic carbocycles. The van der Waals surface area contributed by atoms with Crippen LogP contribution in [0.15, 0.2) is 54.6 Å². The summed E-state index contributed by atoms with van der Waals surface area (Å²) >= 11 is 0. The van der Waals surface area contributed by atoms with Crippen LogP contribution in [0.25, 0.3) is 16.9 Å². The number of carbonyl (C=O) groups is 1. The fraction of sp³-hybridized carbons (Fsp3) is 0.320. The molecule has 1 heterocycles. The molecule has 0 N–H and O–H groups in total. The van der Waals surface area contributed by atoms with Crippen molar-refractivity contribution < 1.29 is 14.3 Å². The summed E-state index contributed by atoms with van der Waals surface area (Å²) in [5.74, 6) is 0.767. The van der Waals surface area contributed by atoms with Crippen LogP contribution in [-0.4, -0.2) is 27.3 Å². The number of ketones is 1. The van der Waals surface area contributed by atoms with Crippen molar-refractivity contribution in [3.05, 3.63) is 65.9 Å². The normalized spacial score (nSPS) is 13.6. The number of Topliss-reactive ketones (excluding diaryl/α,β-unsaturated/α-hetero) is 1. The van der Waals surface area contributed by atoms with Crippen LogP contribution in [0, 0.1) is 11.3 Å². The number of nitrogens with zero attached hydrogens (tertiary/aromatic N) is 3. The van der Waals surface area contributed by atoms with Gasteiger partial charge < -0.3 is 9.47 Å². The van der Waals surface area contributed by atoms with Crippen LogP contribution in [0.2, 0.25) is 0 Å². The molecule has 0 radical (unpaired) electrons. The Hall–Kier alpha value is -3.43. The molecule has 1 fully saturated rings. The van der Waals surface area contributed by atoms with E-state index in [4.69, 9.17) is 14.6 Å². The fourth-order valence-electron chi connectivity index (χ4n) is 3.11. The fourth-order valence-corrected chi connectivity index (χ4v) is 3.11. The minimum Gasteiger partial charge on any atom is -0.490 e. The third-order valence-electron chi connectivity index (χ3n) is 5.40. The van der Waals surface area contributed by atoms with Gasteiger partial charge in [-0.15, -0.1) is 0 Å². The van der Waals surface area contributed by atoms with Gasteiger partial charge in [-0.05, 0) is 63.9 Å². The maximum absolute atomic E-state index is 11.8. The SMILES string of the molecule is CC(=O)C(C)(C)OCc1cc(-c2cccc(OC3CC3)c2)n(-c2ccccc2C#N)n1. The summed E-state index contributed by atoms with van der Waals surface area (Å²) in [7, 11) is 0. The van der Waals surface area contributed by atoms with Crippen molar-refractivity contribution in [2.75, 3.05) is 0 Å². The molecule has 3 aromatic rings. The van der Waals surface area contributed by atoms with Crippen molar-refractivity contribution in [2.45, 2.75) is 51.9 Å². The highest BCUT2D eigenvalue weighted by molar-refractivity contribution is 5.83. The Bertz CT molecular complexity index is 1150. The Morgan fingerprint density at radius 2 is 1.97 bits per heavy atom. The predicted octanol–water partition coefficient (Wildman–Crippen LogP) is 4.84. The van der Waals surface area contributed by atoms with Gasteiger partial charge in [0.25, 0.3) is 0 Å². The third kappa shape index (κ3) is 4.68. The van der Waals surface area contributed by atoms with Crippen molar-refractivity contribution in [3.8, 4) is 28.8 Å². The molecule has 0 atom stereocenters. The number of benzene rings is 2. The quantitative estimate of drug-likeness (QED) is 0.526. The monoisotopic (exact) mass is 415 g/mol. The van der Waals surface area contributed by atoms with Crippen molar-refractivity contribution >= 4 is 5.78 Å². The van der Waals surface area contributed by atoms with Crippen molar-refractivity contribution in [1.29, 1.82) is 5.26 Å². The number of hydrogen-bond donors (Lipinski definition) is 0. The van der Waals surface area contributed by atoms with Gasteiger partial charge in [0.05, 0.1) is 35.3 Å². The number of aromatic nitrogens is 2. The standard InChI is InChI=1S/C25H25N3O3/c1-17(29)25(2,3)30-16-20-14-24(18-8-6-9-22(13-18)31-21-11-12-21)28(27-20)23-10-5-4-7-19(23)15-26/h4-10,13-14,21H,11-12,16H2,1-3H3. The van der Waals surface area contributed by atoms with E-state index in [1.165, 1.54) is 6.92 Å². The first-order chi connectivity index (χ1) is 14.9. The van der Waals surface area contributed by atoms with E-state index in [-0.39, 0.29) is 12.4 Å². The topological polar surface area (TPSA) is 77.1 Å². The summed E-state index contributed by atoms with van der Waals surface area (Å²) in [6.45, 7) is 5.19. The highest BCUT2D eigenvalue weighted by Gasteiger charge is 2.26. The van der Waals surface area contributed by atoms with Gasteiger partial charge in [0.1, 0.15) is 17.4 Å². The lowest BCUT2D eigenvalue weighted by Crippen LogP contribution is -2.32. The van der Waals surface area contributed by atoms with Crippen LogP contribution in [0.4, 0.5) is 0 Å². The van der Waals surface area contributed by atoms with Gasteiger partial charge in [-0.3, -0.25) is 4.79 Å². The molecule has 1 saturated carbocycles. The van der Waals surface area contributed by atoms with Crippen molar-refractivity contribution in [3.63, 3.8) is 0 Å². The summed E-state index contributed by atoms with van der Waals surface area (Å²) in [6.07, 6.45) is 2.48. The van der Waals surface area contributed by atoms with E-state index in [1.807, 2.05) is 48.5 Å². The number of ether oxygens (including phenoxy) is 2. The Balaban J connectivity index is 1.74. The molecule has 0 spiro atoms. The highest BCUT2D eigenvalue weighted by Crippen LogP contribution is 2.32. The number of carbonyl (C=O) groups excluding carboxylic acids is 1. The summed E-state index contributed by atoms with van der Waals surface area (Å²) in [5.41, 5.74) is 2.73. The Kier molecular flexibility index (Phi) is 5.62. The zero-order valence-corrected chi connectivity index (χ0v) is 18.0. The molecular formula is C25H25N3O3. The molecule has 6 heteroatoms. The van der Waals surface area contributed by atoms with Crippen LogP contribution in [0.3, 0.4) is 0 Å². The Labute approximate surface area is 182 Å². The largest absolute Gasteiger partial charge is 0.490 e. The molecule has 1 aliphatic rings. The average molecular weight is 415 g/mol. The van der Waals surface area contributed by atoms with Gasteiger partial charge in [-0.2, -0.15) is 10.4 Å². The number of rotatable bonds is 8. The van der Waals surface area contributed by atoms with E-state index < -0.39 is 5.60 Å². The molecule has 0 aliphatic heterocycles. The molecule has 0 saturated heterocycles. The lowest BCUT2D eigenvalue weighted by atomic mass is 10.1. The van der Waals surface area contributed by atoms with Crippen molar-refractivity contribution in [1.82, 2.24) is 9.78 Å². The van der Waals surface area contributed by atoms with Crippen molar-refractivity contribution in [2.24, 2.45) is 0 Å². The molecule has 6 nitrogen and oxygen atoms in total. The van der Waals surface area contributed by atoms with Gasteiger partial charge in [0, 0.05) is 5.56 Å². The molecule has 31 heavy (non-hydrogen) atoms. The molecule has 1 aromatic heterocycles. The van der Waals surface area contributed by atoms with Crippen LogP contribution >= 0.6 is 0 Å². The minimum atomic E-state index is -0.896. The first kappa shape index (κ1) is 20.8. The van der Waals surface area contributed by atoms with E-state index in [1.54, 1.807) is 24.6 Å². The van der Waals surface area contributed by atoms with E-state index in [0.29, 0.717) is 23.0 Å². The van der Waals surface area contributed by atoms with Gasteiger partial charge in [-0.25, -0.2) is 4.68 Å². The first-order valence-electron chi connectivity index (χ1n) is 10.4. The maximum atomic E-state index is 11.8. The van der Waals surface area contributed by atoms with Crippen LogP contribution in [-0.2, 0) is 16.1 Å². The Morgan fingerprint density at radius 1 is 1.19 bits per heavy atom. The molecule has 0 amide bonds. The van der Waals surface area contributed by atoms with Gasteiger partial charge in [0.15, 0.2) is 5.78 Å². The molecule has 158 valence electrons. The molecule has 0 unspecified atom stereocenters. The second-order valence-electron chi connectivity index (χ2n) is 8.26. The summed E-state index contributed by atoms with van der Waals surface area (Å²) in [6, 6.07) is 19.4. The van der Waals surface area contributed by atoms with E-state index >= 15 is 0 Å². The van der Waals surface area contributed by atoms with Crippen LogP contribution in [0.1, 0.15) is 44.9 Å². The van der Waals surface area contributed by atoms with Crippen LogP contribution < -0.4 is 4.74 Å². The summed E-state index contributed by atoms with van der Waals surface area (Å²) in [4.78, 5) is 11.8. The van der Waals surface area contributed by atoms with Gasteiger partial charge in [0.2, 0.25) is 0 Å². The maximum Gasteiger partial charge on any atom is 0.161 e. The Morgan fingerprint density at radius 3 is 2.68 bits per heavy atom. The smallest absolute Gasteiger partial charge is 0.161 e. The second-order valence-corrected chi connectivity index (χ2v) is 8.26. The number of nitriles is 1. The molecule has 0 bridgehead atoms. The second kappa shape index (κ2) is 8.37. The summed E-state index contributed by atoms with van der Waals surface area (Å²) in [5, 5.41) is 14.3. The number of hydrogen-bond acceptors (Lipinski definition) is 5. The highest BCUT2D eigenvalue weighted by atomic mass is 16.5. The average Bonchev–Trinajstić information content (AvgIpc) is 3.47. The first-order valence-corrected chi connectivity index (χ1v) is 10.4. The van der Waals surface area contributed by atoms with E-state index in [0.717, 1.165) is 29.8 Å². The minimum absolute atomic E-state index is 0.0492. The zero-order chi connectivity index (χ0) is 22.0. The molecular weight excluding hydrogens is 390 g/mol. The van der Waals surface area contributed by atoms with Gasteiger partial charge >= 0.3 is 0 Å². The van der Waals surface area contributed by atoms with E-state index in [9.17, 15) is 10.1 Å². The molecule has 1 aliphatic carbocycles. The number of para-hydroxylation sites is 1. The zero-order valence-electron chi connectivity index (χ0n) is 18.0. The molecule has 4 rings (SSSR count). The lowest BCUT2D eigenvalue weighted by Gasteiger charge is -2.21. The predicted molar refractivity (Wildman–Crippen MR) is 117 cm³/mol. The van der Waals surface area contributed by atoms with Gasteiger partial charge in [-0.1, -0.05) is 24.3 Å².